The molecule has 0 amide bonds. The molecule has 3 nitrogen and oxygen atoms in total. The Morgan fingerprint density at radius 3 is 2.47 bits per heavy atom. The predicted molar refractivity (Wildman–Crippen MR) is 57.3 cm³/mol. The molecule has 0 bridgehead atoms. The third-order valence-electron chi connectivity index (χ3n) is 2.80. The highest BCUT2D eigenvalue weighted by Crippen LogP contribution is 2.40. The zero-order chi connectivity index (χ0) is 12.7. The van der Waals surface area contributed by atoms with Crippen LogP contribution in [0, 0.1) is 0 Å². The van der Waals surface area contributed by atoms with Crippen molar-refractivity contribution in [1.82, 2.24) is 4.98 Å². The average molecular weight is 244 g/mol. The minimum absolute atomic E-state index is 0.247. The Labute approximate surface area is 95.0 Å². The Balaban J connectivity index is 2.66. The van der Waals surface area contributed by atoms with E-state index in [9.17, 15) is 18.3 Å². The van der Waals surface area contributed by atoms with Crippen LogP contribution in [0.1, 0.15) is 5.56 Å². The number of benzene rings is 1. The van der Waals surface area contributed by atoms with Gasteiger partial charge >= 0.3 is 6.18 Å². The minimum Gasteiger partial charge on any atom is -0.375 e. The summed E-state index contributed by atoms with van der Waals surface area (Å²) < 4.78 is 38.6. The topological polar surface area (TPSA) is 62.0 Å². The van der Waals surface area contributed by atoms with Gasteiger partial charge in [-0.05, 0) is 6.07 Å². The van der Waals surface area contributed by atoms with Gasteiger partial charge in [-0.2, -0.15) is 13.2 Å². The largest absolute Gasteiger partial charge is 0.422 e. The summed E-state index contributed by atoms with van der Waals surface area (Å²) in [6.07, 6.45) is -3.67. The molecule has 1 atom stereocenters. The van der Waals surface area contributed by atoms with E-state index < -0.39 is 18.3 Å². The van der Waals surface area contributed by atoms with E-state index in [1.165, 1.54) is 6.07 Å². The number of nitrogens with two attached hydrogens (primary N) is 1. The van der Waals surface area contributed by atoms with Crippen molar-refractivity contribution < 1.29 is 18.3 Å². The van der Waals surface area contributed by atoms with Gasteiger partial charge in [0, 0.05) is 29.2 Å². The highest BCUT2D eigenvalue weighted by atomic mass is 19.4. The van der Waals surface area contributed by atoms with Gasteiger partial charge in [-0.3, -0.25) is 0 Å². The van der Waals surface area contributed by atoms with Gasteiger partial charge in [0.25, 0.3) is 0 Å². The van der Waals surface area contributed by atoms with Crippen LogP contribution >= 0.6 is 0 Å². The number of aromatic amines is 1. The molecule has 92 valence electrons. The second-order valence-electron chi connectivity index (χ2n) is 3.81. The van der Waals surface area contributed by atoms with Crippen molar-refractivity contribution in [1.29, 1.82) is 0 Å². The minimum atomic E-state index is -4.81. The van der Waals surface area contributed by atoms with Crippen LogP contribution in [-0.2, 0) is 5.60 Å². The summed E-state index contributed by atoms with van der Waals surface area (Å²) in [6.45, 7) is -0.918. The standard InChI is InChI=1S/C11H11F3N2O/c12-11(13,14)10(17,6-15)8-5-16-9-4-2-1-3-7(8)9/h1-5,16-17H,6,15H2/t10-/m0/s1. The Bertz CT molecular complexity index is 535. The maximum Gasteiger partial charge on any atom is 0.422 e. The number of fused-ring (bicyclic) bond motifs is 1. The van der Waals surface area contributed by atoms with Gasteiger partial charge in [-0.25, -0.2) is 0 Å². The summed E-state index contributed by atoms with van der Waals surface area (Å²) in [5.74, 6) is 0. The Hall–Kier alpha value is -1.53. The van der Waals surface area contributed by atoms with Gasteiger partial charge in [0.1, 0.15) is 0 Å². The van der Waals surface area contributed by atoms with E-state index in [0.717, 1.165) is 6.20 Å². The molecule has 4 N–H and O–H groups in total. The third kappa shape index (κ3) is 1.69. The molecule has 1 aromatic carbocycles. The smallest absolute Gasteiger partial charge is 0.375 e. The molecule has 2 aromatic rings. The summed E-state index contributed by atoms with van der Waals surface area (Å²) >= 11 is 0. The number of rotatable bonds is 2. The first-order chi connectivity index (χ1) is 7.90. The maximum atomic E-state index is 12.9. The van der Waals surface area contributed by atoms with Gasteiger partial charge in [0.05, 0.1) is 0 Å². The van der Waals surface area contributed by atoms with Gasteiger partial charge in [-0.1, -0.05) is 18.2 Å². The quantitative estimate of drug-likeness (QED) is 0.755. The molecule has 0 saturated heterocycles. The normalized spacial score (nSPS) is 16.1. The first kappa shape index (κ1) is 11.9. The van der Waals surface area contributed by atoms with E-state index in [2.05, 4.69) is 4.98 Å². The van der Waals surface area contributed by atoms with Crippen LogP contribution in [0.5, 0.6) is 0 Å². The lowest BCUT2D eigenvalue weighted by atomic mass is 9.93. The third-order valence-corrected chi connectivity index (χ3v) is 2.80. The highest BCUT2D eigenvalue weighted by molar-refractivity contribution is 5.84. The van der Waals surface area contributed by atoms with E-state index in [1.54, 1.807) is 18.2 Å². The summed E-state index contributed by atoms with van der Waals surface area (Å²) in [7, 11) is 0. The molecule has 1 heterocycles. The summed E-state index contributed by atoms with van der Waals surface area (Å²) in [6, 6.07) is 6.43. The molecular formula is C11H11F3N2O. The SMILES string of the molecule is NC[C@](O)(c1c[nH]c2ccccc12)C(F)(F)F. The van der Waals surface area contributed by atoms with Crippen LogP contribution in [0.3, 0.4) is 0 Å². The van der Waals surface area contributed by atoms with E-state index in [-0.39, 0.29) is 5.56 Å². The molecule has 0 aliphatic carbocycles. The summed E-state index contributed by atoms with van der Waals surface area (Å²) in [5.41, 5.74) is 2.35. The molecule has 0 aliphatic heterocycles. The van der Waals surface area contributed by atoms with Crippen LogP contribution in [0.2, 0.25) is 0 Å². The van der Waals surface area contributed by atoms with E-state index in [0.29, 0.717) is 10.9 Å². The maximum absolute atomic E-state index is 12.9. The molecular weight excluding hydrogens is 233 g/mol. The number of aromatic nitrogens is 1. The van der Waals surface area contributed by atoms with E-state index >= 15 is 0 Å². The lowest BCUT2D eigenvalue weighted by molar-refractivity contribution is -0.261. The zero-order valence-corrected chi connectivity index (χ0v) is 8.75. The number of H-pyrrole nitrogens is 1. The molecule has 0 spiro atoms. The highest BCUT2D eigenvalue weighted by Gasteiger charge is 2.55. The summed E-state index contributed by atoms with van der Waals surface area (Å²) in [5, 5.41) is 10.1. The lowest BCUT2D eigenvalue weighted by Gasteiger charge is -2.28. The summed E-state index contributed by atoms with van der Waals surface area (Å²) in [4.78, 5) is 2.68. The number of halogens is 3. The van der Waals surface area contributed by atoms with Crippen molar-refractivity contribution in [2.45, 2.75) is 11.8 Å². The van der Waals surface area contributed by atoms with Gasteiger partial charge in [-0.15, -0.1) is 0 Å². The molecule has 0 saturated carbocycles. The fraction of sp³-hybridized carbons (Fsp3) is 0.273. The van der Waals surface area contributed by atoms with Crippen LogP contribution in [-0.4, -0.2) is 22.8 Å². The van der Waals surface area contributed by atoms with E-state index in [1.807, 2.05) is 0 Å². The molecule has 0 unspecified atom stereocenters. The van der Waals surface area contributed by atoms with Crippen molar-refractivity contribution in [3.8, 4) is 0 Å². The molecule has 1 aromatic heterocycles. The molecule has 0 fully saturated rings. The van der Waals surface area contributed by atoms with E-state index in [4.69, 9.17) is 5.73 Å². The number of aliphatic hydroxyl groups is 1. The van der Waals surface area contributed by atoms with Gasteiger partial charge < -0.3 is 15.8 Å². The van der Waals surface area contributed by atoms with Crippen LogP contribution < -0.4 is 5.73 Å². The Kier molecular flexibility index (Phi) is 2.63. The first-order valence-electron chi connectivity index (χ1n) is 4.96. The first-order valence-corrected chi connectivity index (χ1v) is 4.96. The van der Waals surface area contributed by atoms with Crippen molar-refractivity contribution in [3.05, 3.63) is 36.0 Å². The molecule has 2 rings (SSSR count). The fourth-order valence-electron chi connectivity index (χ4n) is 1.79. The second-order valence-corrected chi connectivity index (χ2v) is 3.81. The second kappa shape index (κ2) is 3.75. The number of alkyl halides is 3. The molecule has 0 radical (unpaired) electrons. The van der Waals surface area contributed by atoms with Crippen molar-refractivity contribution in [2.24, 2.45) is 5.73 Å². The van der Waals surface area contributed by atoms with Gasteiger partial charge in [0.2, 0.25) is 0 Å². The van der Waals surface area contributed by atoms with Crippen molar-refractivity contribution in [3.63, 3.8) is 0 Å². The Morgan fingerprint density at radius 2 is 1.88 bits per heavy atom. The predicted octanol–water partition coefficient (Wildman–Crippen LogP) is 1.88. The number of para-hydroxylation sites is 1. The average Bonchev–Trinajstić information content (AvgIpc) is 2.70. The molecule has 6 heteroatoms. The van der Waals surface area contributed by atoms with Crippen LogP contribution in [0.15, 0.2) is 30.5 Å². The Morgan fingerprint density at radius 1 is 1.24 bits per heavy atom. The number of hydrogen-bond acceptors (Lipinski definition) is 2. The lowest BCUT2D eigenvalue weighted by Crippen LogP contribution is -2.48. The zero-order valence-electron chi connectivity index (χ0n) is 8.75. The molecule has 0 aliphatic rings. The van der Waals surface area contributed by atoms with Crippen molar-refractivity contribution in [2.75, 3.05) is 6.54 Å². The number of hydrogen-bond donors (Lipinski definition) is 3. The monoisotopic (exact) mass is 244 g/mol. The number of nitrogens with one attached hydrogen (secondary N) is 1. The van der Waals surface area contributed by atoms with Crippen LogP contribution in [0.25, 0.3) is 10.9 Å². The van der Waals surface area contributed by atoms with Crippen molar-refractivity contribution >= 4 is 10.9 Å². The van der Waals surface area contributed by atoms with Crippen LogP contribution in [0.4, 0.5) is 13.2 Å². The molecule has 17 heavy (non-hydrogen) atoms. The fourth-order valence-corrected chi connectivity index (χ4v) is 1.79. The van der Waals surface area contributed by atoms with Gasteiger partial charge in [0.15, 0.2) is 5.60 Å².